The molecular weight excluding hydrogens is 334 g/mol. The molecule has 0 bridgehead atoms. The lowest BCUT2D eigenvalue weighted by Gasteiger charge is -2.17. The molecule has 1 fully saturated rings. The van der Waals surface area contributed by atoms with Gasteiger partial charge in [0.05, 0.1) is 17.4 Å². The normalized spacial score (nSPS) is 26.7. The molecule has 1 saturated heterocycles. The largest absolute Gasteiger partial charge is 0.394 e. The second kappa shape index (κ2) is 5.35. The zero-order chi connectivity index (χ0) is 17.9. The molecule has 0 radical (unpaired) electrons. The zero-order valence-electron chi connectivity index (χ0n) is 12.7. The van der Waals surface area contributed by atoms with Crippen LogP contribution in [-0.4, -0.2) is 64.7 Å². The van der Waals surface area contributed by atoms with Crippen molar-refractivity contribution in [1.82, 2.24) is 24.5 Å². The number of aliphatic hydroxyl groups excluding tert-OH is 3. The number of ether oxygens (including phenoxy) is 1. The second-order valence-electron chi connectivity index (χ2n) is 5.71. The molecule has 0 saturated carbocycles. The monoisotopic (exact) mass is 349 g/mol. The Labute approximate surface area is 138 Å². The molecule has 4 rings (SSSR count). The molecule has 12 nitrogen and oxygen atoms in total. The molecule has 4 heterocycles. The summed E-state index contributed by atoms with van der Waals surface area (Å²) in [6, 6.07) is 0. The van der Waals surface area contributed by atoms with E-state index in [4.69, 9.17) is 16.2 Å². The fourth-order valence-electron chi connectivity index (χ4n) is 3.15. The van der Waals surface area contributed by atoms with Gasteiger partial charge in [-0.05, 0) is 0 Å². The Morgan fingerprint density at radius 3 is 2.64 bits per heavy atom. The van der Waals surface area contributed by atoms with Crippen molar-refractivity contribution in [1.29, 1.82) is 0 Å². The summed E-state index contributed by atoms with van der Waals surface area (Å²) < 4.78 is 6.85. The van der Waals surface area contributed by atoms with Gasteiger partial charge < -0.3 is 31.5 Å². The van der Waals surface area contributed by atoms with Crippen molar-refractivity contribution in [3.63, 3.8) is 0 Å². The van der Waals surface area contributed by atoms with E-state index in [9.17, 15) is 20.1 Å². The smallest absolute Gasteiger partial charge is 0.348 e. The van der Waals surface area contributed by atoms with Crippen LogP contribution < -0.4 is 17.2 Å². The summed E-state index contributed by atoms with van der Waals surface area (Å²) in [5, 5.41) is 30.3. The standard InChI is InChI=1S/C13H15N7O5/c14-8-4-5-9(15)18-13(24)19-11(5)20(10(4)17-2-16-8)12-7(23)6(22)3(1-21)25-12/h2-3,6-7,12,21-23H,1H2,(H2,14,16,17)(H3,15,18,19,24)/t3-,6-,7-,12?/m1/s1. The number of nitrogens with one attached hydrogen (secondary N) is 1. The molecule has 1 aliphatic rings. The van der Waals surface area contributed by atoms with Crippen LogP contribution in [-0.2, 0) is 4.74 Å². The maximum absolute atomic E-state index is 11.8. The number of aromatic nitrogens is 5. The Morgan fingerprint density at radius 1 is 1.20 bits per heavy atom. The van der Waals surface area contributed by atoms with Crippen LogP contribution in [0, 0.1) is 0 Å². The van der Waals surface area contributed by atoms with Crippen molar-refractivity contribution in [2.75, 3.05) is 18.1 Å². The molecule has 4 atom stereocenters. The van der Waals surface area contributed by atoms with Crippen LogP contribution in [0.5, 0.6) is 0 Å². The number of aliphatic hydroxyl groups is 3. The first kappa shape index (κ1) is 15.7. The van der Waals surface area contributed by atoms with E-state index in [1.165, 1.54) is 10.9 Å². The van der Waals surface area contributed by atoms with Crippen molar-refractivity contribution in [3.05, 3.63) is 16.8 Å². The highest BCUT2D eigenvalue weighted by molar-refractivity contribution is 6.14. The van der Waals surface area contributed by atoms with E-state index < -0.39 is 36.8 Å². The summed E-state index contributed by atoms with van der Waals surface area (Å²) >= 11 is 0. The fraction of sp³-hybridized carbons (Fsp3) is 0.385. The highest BCUT2D eigenvalue weighted by Gasteiger charge is 2.45. The number of rotatable bonds is 2. The molecule has 3 aromatic heterocycles. The van der Waals surface area contributed by atoms with Gasteiger partial charge in [-0.2, -0.15) is 4.98 Å². The third-order valence-corrected chi connectivity index (χ3v) is 4.28. The van der Waals surface area contributed by atoms with E-state index in [0.717, 1.165) is 0 Å². The van der Waals surface area contributed by atoms with E-state index >= 15 is 0 Å². The minimum atomic E-state index is -1.39. The highest BCUT2D eigenvalue weighted by atomic mass is 16.6. The molecule has 0 amide bonds. The second-order valence-corrected chi connectivity index (χ2v) is 5.71. The van der Waals surface area contributed by atoms with E-state index in [1.54, 1.807) is 0 Å². The van der Waals surface area contributed by atoms with E-state index in [0.29, 0.717) is 10.8 Å². The summed E-state index contributed by atoms with van der Waals surface area (Å²) in [7, 11) is 0. The number of hydrogen-bond donors (Lipinski definition) is 6. The Bertz CT molecular complexity index is 1030. The SMILES string of the molecule is Nc1ncnc2c1c1c(N)[nH]c(=O)nc1n2C1O[C@H](CO)[C@@H](O)[C@H]1O. The third kappa shape index (κ3) is 2.09. The Balaban J connectivity index is 2.09. The predicted molar refractivity (Wildman–Crippen MR) is 85.3 cm³/mol. The van der Waals surface area contributed by atoms with E-state index in [1.807, 2.05) is 0 Å². The molecule has 3 aromatic rings. The van der Waals surface area contributed by atoms with Gasteiger partial charge in [0, 0.05) is 0 Å². The predicted octanol–water partition coefficient (Wildman–Crippen LogP) is -2.56. The van der Waals surface area contributed by atoms with E-state index in [2.05, 4.69) is 19.9 Å². The number of H-pyrrole nitrogens is 1. The Hall–Kier alpha value is -2.80. The van der Waals surface area contributed by atoms with Crippen molar-refractivity contribution >= 4 is 33.7 Å². The summed E-state index contributed by atoms with van der Waals surface area (Å²) in [6.45, 7) is -0.501. The first-order valence-corrected chi connectivity index (χ1v) is 7.36. The summed E-state index contributed by atoms with van der Waals surface area (Å²) in [6.07, 6.45) is -3.69. The molecule has 0 aliphatic carbocycles. The number of anilines is 2. The zero-order valence-corrected chi connectivity index (χ0v) is 12.7. The molecular formula is C13H15N7O5. The molecule has 0 spiro atoms. The number of nitrogens with two attached hydrogens (primary N) is 2. The number of aromatic amines is 1. The van der Waals surface area contributed by atoms with Gasteiger partial charge >= 0.3 is 5.69 Å². The lowest BCUT2D eigenvalue weighted by Crippen LogP contribution is -2.33. The van der Waals surface area contributed by atoms with Gasteiger partial charge in [0.25, 0.3) is 0 Å². The molecule has 12 heteroatoms. The minimum absolute atomic E-state index is 0.00648. The Morgan fingerprint density at radius 2 is 1.96 bits per heavy atom. The van der Waals surface area contributed by atoms with Crippen LogP contribution >= 0.6 is 0 Å². The molecule has 0 aromatic carbocycles. The maximum atomic E-state index is 11.8. The third-order valence-electron chi connectivity index (χ3n) is 4.28. The summed E-state index contributed by atoms with van der Waals surface area (Å²) in [5.74, 6) is 0.105. The summed E-state index contributed by atoms with van der Waals surface area (Å²) in [4.78, 5) is 26.1. The average molecular weight is 349 g/mol. The van der Waals surface area contributed by atoms with Crippen LogP contribution in [0.2, 0.25) is 0 Å². The van der Waals surface area contributed by atoms with Gasteiger partial charge in [-0.25, -0.2) is 14.8 Å². The van der Waals surface area contributed by atoms with Crippen molar-refractivity contribution < 1.29 is 20.1 Å². The van der Waals surface area contributed by atoms with Gasteiger partial charge in [0.2, 0.25) is 0 Å². The van der Waals surface area contributed by atoms with Crippen molar-refractivity contribution in [3.8, 4) is 0 Å². The molecule has 25 heavy (non-hydrogen) atoms. The number of fused-ring (bicyclic) bond motifs is 3. The van der Waals surface area contributed by atoms with E-state index in [-0.39, 0.29) is 22.9 Å². The van der Waals surface area contributed by atoms with Crippen LogP contribution in [0.25, 0.3) is 22.1 Å². The number of nitrogens with zero attached hydrogens (tertiary/aromatic N) is 4. The van der Waals surface area contributed by atoms with Crippen LogP contribution in [0.4, 0.5) is 11.6 Å². The molecule has 132 valence electrons. The lowest BCUT2D eigenvalue weighted by molar-refractivity contribution is -0.0492. The number of nitrogen functional groups attached to an aromatic ring is 2. The van der Waals surface area contributed by atoms with Gasteiger partial charge in [-0.1, -0.05) is 0 Å². The fourth-order valence-corrected chi connectivity index (χ4v) is 3.15. The minimum Gasteiger partial charge on any atom is -0.394 e. The van der Waals surface area contributed by atoms with Crippen molar-refractivity contribution in [2.45, 2.75) is 24.5 Å². The van der Waals surface area contributed by atoms with Gasteiger partial charge in [0.15, 0.2) is 11.9 Å². The molecule has 1 unspecified atom stereocenters. The number of hydrogen-bond acceptors (Lipinski definition) is 10. The Kier molecular flexibility index (Phi) is 3.36. The van der Waals surface area contributed by atoms with Gasteiger partial charge in [0.1, 0.15) is 41.9 Å². The van der Waals surface area contributed by atoms with Crippen LogP contribution in [0.3, 0.4) is 0 Å². The maximum Gasteiger partial charge on any atom is 0.348 e. The first-order valence-electron chi connectivity index (χ1n) is 7.36. The van der Waals surface area contributed by atoms with Gasteiger partial charge in [-0.3, -0.25) is 9.55 Å². The first-order chi connectivity index (χ1) is 11.9. The molecule has 1 aliphatic heterocycles. The van der Waals surface area contributed by atoms with Crippen LogP contribution in [0.1, 0.15) is 6.23 Å². The topological polar surface area (TPSA) is 198 Å². The average Bonchev–Trinajstić information content (AvgIpc) is 3.04. The highest BCUT2D eigenvalue weighted by Crippen LogP contribution is 2.38. The lowest BCUT2D eigenvalue weighted by atomic mass is 10.1. The van der Waals surface area contributed by atoms with Crippen molar-refractivity contribution in [2.24, 2.45) is 0 Å². The summed E-state index contributed by atoms with van der Waals surface area (Å²) in [5.41, 5.74) is 11.4. The van der Waals surface area contributed by atoms with Crippen LogP contribution in [0.15, 0.2) is 11.1 Å². The quantitative estimate of drug-likeness (QED) is 0.286. The molecule has 8 N–H and O–H groups in total. The van der Waals surface area contributed by atoms with Gasteiger partial charge in [-0.15, -0.1) is 0 Å².